The second-order valence-corrected chi connectivity index (χ2v) is 7.71. The number of thioether (sulfide) groups is 1. The maximum absolute atomic E-state index is 12.0. The number of ether oxygens (including phenoxy) is 1. The first-order valence-corrected chi connectivity index (χ1v) is 9.78. The minimum Gasteiger partial charge on any atom is -0.465 e. The van der Waals surface area contributed by atoms with Crippen molar-refractivity contribution in [1.82, 2.24) is 4.98 Å². The summed E-state index contributed by atoms with van der Waals surface area (Å²) in [5, 5.41) is 2.67. The van der Waals surface area contributed by atoms with E-state index >= 15 is 0 Å². The molecule has 0 saturated heterocycles. The highest BCUT2D eigenvalue weighted by molar-refractivity contribution is 8.00. The number of hydrogen-bond acceptors (Lipinski definition) is 4. The van der Waals surface area contributed by atoms with Gasteiger partial charge in [-0.3, -0.25) is 9.78 Å². The van der Waals surface area contributed by atoms with E-state index in [1.165, 1.54) is 17.3 Å². The van der Waals surface area contributed by atoms with Crippen molar-refractivity contribution in [3.8, 4) is 0 Å². The van der Waals surface area contributed by atoms with Crippen LogP contribution in [0.5, 0.6) is 0 Å². The molecule has 1 heterocycles. The maximum atomic E-state index is 12.0. The minimum atomic E-state index is -0.266. The lowest BCUT2D eigenvalue weighted by Gasteiger charge is -2.14. The molecule has 5 heteroatoms. The van der Waals surface area contributed by atoms with Crippen molar-refractivity contribution in [1.29, 1.82) is 0 Å². The lowest BCUT2D eigenvalue weighted by molar-refractivity contribution is -0.142. The summed E-state index contributed by atoms with van der Waals surface area (Å²) in [6, 6.07) is 14.1. The van der Waals surface area contributed by atoms with E-state index in [1.807, 2.05) is 50.4 Å². The molecule has 0 amide bonds. The van der Waals surface area contributed by atoms with Gasteiger partial charge in [0, 0.05) is 34.1 Å². The molecule has 3 rings (SSSR count). The number of pyridine rings is 1. The van der Waals surface area contributed by atoms with Crippen LogP contribution in [-0.4, -0.2) is 22.8 Å². The fourth-order valence-corrected chi connectivity index (χ4v) is 4.03. The zero-order valence-electron chi connectivity index (χ0n) is 14.7. The maximum Gasteiger partial charge on any atom is 0.319 e. The second-order valence-electron chi connectivity index (χ2n) is 5.92. The SMILES string of the molecule is CCOC(=O)C(C)Sc1ccncc1Cc1ccc(Cl)c2ccccc12. The highest BCUT2D eigenvalue weighted by Crippen LogP contribution is 2.32. The van der Waals surface area contributed by atoms with Crippen LogP contribution in [0.1, 0.15) is 25.0 Å². The van der Waals surface area contributed by atoms with Crippen LogP contribution in [0.4, 0.5) is 0 Å². The summed E-state index contributed by atoms with van der Waals surface area (Å²) < 4.78 is 5.11. The van der Waals surface area contributed by atoms with Crippen LogP contribution in [0.2, 0.25) is 5.02 Å². The topological polar surface area (TPSA) is 39.2 Å². The van der Waals surface area contributed by atoms with Gasteiger partial charge in [-0.25, -0.2) is 0 Å². The standard InChI is InChI=1S/C21H20ClNO2S/c1-3-25-21(24)14(2)26-20-10-11-23-13-16(20)12-15-8-9-19(22)18-7-5-4-6-17(15)18/h4-11,13-14H,3,12H2,1-2H3. The van der Waals surface area contributed by atoms with Crippen molar-refractivity contribution in [3.05, 3.63) is 71.0 Å². The van der Waals surface area contributed by atoms with Crippen molar-refractivity contribution >= 4 is 40.1 Å². The Balaban J connectivity index is 1.90. The Kier molecular flexibility index (Phi) is 6.17. The van der Waals surface area contributed by atoms with Crippen LogP contribution < -0.4 is 0 Å². The number of carbonyl (C=O) groups excluding carboxylic acids is 1. The third-order valence-corrected chi connectivity index (χ3v) is 5.65. The largest absolute Gasteiger partial charge is 0.465 e. The van der Waals surface area contributed by atoms with Crippen molar-refractivity contribution in [2.75, 3.05) is 6.61 Å². The second kappa shape index (κ2) is 8.56. The Hall–Kier alpha value is -2.04. The molecule has 134 valence electrons. The van der Waals surface area contributed by atoms with E-state index in [4.69, 9.17) is 16.3 Å². The normalized spacial score (nSPS) is 12.1. The van der Waals surface area contributed by atoms with Crippen molar-refractivity contribution in [2.45, 2.75) is 30.4 Å². The predicted molar refractivity (Wildman–Crippen MR) is 108 cm³/mol. The Morgan fingerprint density at radius 2 is 1.92 bits per heavy atom. The van der Waals surface area contributed by atoms with Crippen molar-refractivity contribution in [2.24, 2.45) is 0 Å². The molecule has 0 saturated carbocycles. The highest BCUT2D eigenvalue weighted by Gasteiger charge is 2.17. The lowest BCUT2D eigenvalue weighted by Crippen LogP contribution is -2.16. The van der Waals surface area contributed by atoms with E-state index in [9.17, 15) is 4.79 Å². The molecule has 0 radical (unpaired) electrons. The highest BCUT2D eigenvalue weighted by atomic mass is 35.5. The molecule has 1 unspecified atom stereocenters. The zero-order chi connectivity index (χ0) is 18.5. The summed E-state index contributed by atoms with van der Waals surface area (Å²) in [4.78, 5) is 17.3. The van der Waals surface area contributed by atoms with Crippen molar-refractivity contribution in [3.63, 3.8) is 0 Å². The van der Waals surface area contributed by atoms with E-state index < -0.39 is 0 Å². The smallest absolute Gasteiger partial charge is 0.319 e. The molecule has 0 N–H and O–H groups in total. The van der Waals surface area contributed by atoms with Gasteiger partial charge in [-0.2, -0.15) is 0 Å². The first kappa shape index (κ1) is 18.7. The molecule has 1 atom stereocenters. The van der Waals surface area contributed by atoms with Gasteiger partial charge in [0.15, 0.2) is 0 Å². The van der Waals surface area contributed by atoms with E-state index in [-0.39, 0.29) is 11.2 Å². The summed E-state index contributed by atoms with van der Waals surface area (Å²) in [5.41, 5.74) is 2.27. The molecule has 0 fully saturated rings. The average Bonchev–Trinajstić information content (AvgIpc) is 2.66. The molecule has 0 aliphatic rings. The number of carbonyl (C=O) groups is 1. The Morgan fingerprint density at radius 3 is 2.69 bits per heavy atom. The van der Waals surface area contributed by atoms with Gasteiger partial charge >= 0.3 is 5.97 Å². The molecule has 0 aliphatic heterocycles. The van der Waals surface area contributed by atoms with Crippen LogP contribution in [0.25, 0.3) is 10.8 Å². The molecule has 1 aromatic heterocycles. The number of benzene rings is 2. The van der Waals surface area contributed by atoms with Crippen LogP contribution in [0.3, 0.4) is 0 Å². The van der Waals surface area contributed by atoms with Crippen molar-refractivity contribution < 1.29 is 9.53 Å². The van der Waals surface area contributed by atoms with Crippen LogP contribution in [0, 0.1) is 0 Å². The van der Waals surface area contributed by atoms with E-state index in [0.29, 0.717) is 6.61 Å². The van der Waals surface area contributed by atoms with Gasteiger partial charge in [0.2, 0.25) is 0 Å². The Morgan fingerprint density at radius 1 is 1.15 bits per heavy atom. The summed E-state index contributed by atoms with van der Waals surface area (Å²) in [5.74, 6) is -0.197. The molecule has 0 spiro atoms. The summed E-state index contributed by atoms with van der Waals surface area (Å²) in [7, 11) is 0. The summed E-state index contributed by atoms with van der Waals surface area (Å²) >= 11 is 7.83. The quantitative estimate of drug-likeness (QED) is 0.413. The lowest BCUT2D eigenvalue weighted by atomic mass is 9.99. The zero-order valence-corrected chi connectivity index (χ0v) is 16.3. The van der Waals surface area contributed by atoms with Crippen LogP contribution in [-0.2, 0) is 16.0 Å². The number of rotatable bonds is 6. The number of halogens is 1. The Labute approximate surface area is 162 Å². The fourth-order valence-electron chi connectivity index (χ4n) is 2.84. The van der Waals surface area contributed by atoms with E-state index in [0.717, 1.165) is 32.7 Å². The molecule has 3 aromatic rings. The molecule has 0 bridgehead atoms. The molecule has 26 heavy (non-hydrogen) atoms. The summed E-state index contributed by atoms with van der Waals surface area (Å²) in [6.45, 7) is 4.08. The summed E-state index contributed by atoms with van der Waals surface area (Å²) in [6.07, 6.45) is 4.34. The molecular weight excluding hydrogens is 366 g/mol. The molecule has 2 aromatic carbocycles. The van der Waals surface area contributed by atoms with Gasteiger partial charge in [-0.1, -0.05) is 41.9 Å². The van der Waals surface area contributed by atoms with Gasteiger partial charge in [0.25, 0.3) is 0 Å². The van der Waals surface area contributed by atoms with Gasteiger partial charge in [0.1, 0.15) is 5.25 Å². The number of aromatic nitrogens is 1. The van der Waals surface area contributed by atoms with E-state index in [2.05, 4.69) is 17.1 Å². The Bertz CT molecular complexity index is 929. The molecule has 3 nitrogen and oxygen atoms in total. The average molecular weight is 386 g/mol. The number of hydrogen-bond donors (Lipinski definition) is 0. The minimum absolute atomic E-state index is 0.197. The predicted octanol–water partition coefficient (Wildman–Crippen LogP) is 5.52. The fraction of sp³-hybridized carbons (Fsp3) is 0.238. The van der Waals surface area contributed by atoms with Crippen LogP contribution >= 0.6 is 23.4 Å². The molecular formula is C21H20ClNO2S. The third kappa shape index (κ3) is 4.19. The third-order valence-electron chi connectivity index (χ3n) is 4.12. The number of fused-ring (bicyclic) bond motifs is 1. The first-order chi connectivity index (χ1) is 12.6. The van der Waals surface area contributed by atoms with E-state index in [1.54, 1.807) is 6.20 Å². The first-order valence-electron chi connectivity index (χ1n) is 8.52. The van der Waals surface area contributed by atoms with Crippen LogP contribution in [0.15, 0.2) is 59.8 Å². The monoisotopic (exact) mass is 385 g/mol. The molecule has 0 aliphatic carbocycles. The number of esters is 1. The van der Waals surface area contributed by atoms with Gasteiger partial charge in [0.05, 0.1) is 6.61 Å². The van der Waals surface area contributed by atoms with Gasteiger partial charge < -0.3 is 4.74 Å². The van der Waals surface area contributed by atoms with Gasteiger partial charge in [-0.05, 0) is 42.5 Å². The van der Waals surface area contributed by atoms with Gasteiger partial charge in [-0.15, -0.1) is 11.8 Å². The number of nitrogens with zero attached hydrogens (tertiary/aromatic N) is 1.